The Kier molecular flexibility index (Phi) is 4.61. The first-order valence-electron chi connectivity index (χ1n) is 5.39. The predicted octanol–water partition coefficient (Wildman–Crippen LogP) is 2.74. The first-order chi connectivity index (χ1) is 9.53. The van der Waals surface area contributed by atoms with E-state index in [1.165, 1.54) is 7.11 Å². The Bertz CT molecular complexity index is 638. The third-order valence-corrected chi connectivity index (χ3v) is 3.58. The van der Waals surface area contributed by atoms with Gasteiger partial charge in [-0.2, -0.15) is 15.0 Å². The zero-order valence-electron chi connectivity index (χ0n) is 10.6. The largest absolute Gasteiger partial charge is 0.495 e. The first kappa shape index (κ1) is 14.8. The van der Waals surface area contributed by atoms with Crippen molar-refractivity contribution in [3.63, 3.8) is 0 Å². The van der Waals surface area contributed by atoms with Crippen LogP contribution in [-0.4, -0.2) is 29.2 Å². The smallest absolute Gasteiger partial charge is 0.322 e. The minimum absolute atomic E-state index is 0.0690. The number of nitrogens with zero attached hydrogens (tertiary/aromatic N) is 3. The minimum Gasteiger partial charge on any atom is -0.495 e. The number of hydrogen-bond acceptors (Lipinski definition) is 7. The molecule has 0 saturated carbocycles. The van der Waals surface area contributed by atoms with E-state index in [0.717, 1.165) is 14.6 Å². The molecule has 3 N–H and O–H groups in total. The Hall–Kier alpha value is -1.61. The molecule has 1 aromatic carbocycles. The monoisotopic (exact) mass is 403 g/mol. The van der Waals surface area contributed by atoms with Crippen molar-refractivity contribution in [3.05, 3.63) is 21.1 Å². The van der Waals surface area contributed by atoms with Gasteiger partial charge >= 0.3 is 6.01 Å². The highest BCUT2D eigenvalue weighted by Crippen LogP contribution is 2.35. The van der Waals surface area contributed by atoms with E-state index in [4.69, 9.17) is 15.2 Å². The summed E-state index contributed by atoms with van der Waals surface area (Å²) in [6.07, 6.45) is 0. The molecule has 2 aromatic rings. The van der Waals surface area contributed by atoms with Gasteiger partial charge < -0.3 is 20.5 Å². The number of hydrogen-bond donors (Lipinski definition) is 2. The molecule has 0 saturated heterocycles. The molecule has 0 bridgehead atoms. The highest BCUT2D eigenvalue weighted by molar-refractivity contribution is 9.11. The normalized spacial score (nSPS) is 10.2. The number of aromatic nitrogens is 3. The van der Waals surface area contributed by atoms with Crippen molar-refractivity contribution >= 4 is 49.4 Å². The summed E-state index contributed by atoms with van der Waals surface area (Å²) in [4.78, 5) is 11.9. The topological polar surface area (TPSA) is 95.2 Å². The fourth-order valence-electron chi connectivity index (χ4n) is 1.42. The molecule has 0 aliphatic heterocycles. The second-order valence-electron chi connectivity index (χ2n) is 3.60. The maximum atomic E-state index is 5.58. The van der Waals surface area contributed by atoms with Crippen LogP contribution >= 0.6 is 31.9 Å². The Morgan fingerprint density at radius 1 is 1.05 bits per heavy atom. The van der Waals surface area contributed by atoms with Gasteiger partial charge in [-0.05, 0) is 37.9 Å². The van der Waals surface area contributed by atoms with Gasteiger partial charge in [0.15, 0.2) is 0 Å². The molecule has 9 heteroatoms. The van der Waals surface area contributed by atoms with Crippen molar-refractivity contribution < 1.29 is 9.47 Å². The molecule has 0 unspecified atom stereocenters. The Morgan fingerprint density at radius 3 is 2.45 bits per heavy atom. The van der Waals surface area contributed by atoms with Crippen LogP contribution < -0.4 is 20.5 Å². The molecular weight excluding hydrogens is 394 g/mol. The molecule has 0 radical (unpaired) electrons. The van der Waals surface area contributed by atoms with Crippen molar-refractivity contribution in [1.29, 1.82) is 0 Å². The van der Waals surface area contributed by atoms with E-state index in [-0.39, 0.29) is 17.9 Å². The van der Waals surface area contributed by atoms with Crippen molar-refractivity contribution in [1.82, 2.24) is 15.0 Å². The van der Waals surface area contributed by atoms with E-state index in [9.17, 15) is 0 Å². The Balaban J connectivity index is 2.36. The van der Waals surface area contributed by atoms with Crippen LogP contribution in [0.1, 0.15) is 0 Å². The van der Waals surface area contributed by atoms with Crippen molar-refractivity contribution in [2.45, 2.75) is 0 Å². The van der Waals surface area contributed by atoms with Crippen LogP contribution in [-0.2, 0) is 0 Å². The molecule has 0 fully saturated rings. The van der Waals surface area contributed by atoms with Gasteiger partial charge in [-0.25, -0.2) is 0 Å². The van der Waals surface area contributed by atoms with E-state index >= 15 is 0 Å². The number of nitrogens with two attached hydrogens (primary N) is 1. The minimum atomic E-state index is 0.0690. The molecule has 2 rings (SSSR count). The molecule has 0 atom stereocenters. The van der Waals surface area contributed by atoms with Crippen LogP contribution in [0.3, 0.4) is 0 Å². The number of nitrogens with one attached hydrogen (secondary N) is 1. The van der Waals surface area contributed by atoms with Gasteiger partial charge in [0.1, 0.15) is 5.75 Å². The summed E-state index contributed by atoms with van der Waals surface area (Å²) >= 11 is 6.84. The third kappa shape index (κ3) is 3.28. The van der Waals surface area contributed by atoms with Gasteiger partial charge in [0, 0.05) is 10.5 Å². The van der Waals surface area contributed by atoms with Crippen molar-refractivity contribution in [2.75, 3.05) is 25.3 Å². The van der Waals surface area contributed by atoms with Crippen LogP contribution in [0.5, 0.6) is 11.8 Å². The van der Waals surface area contributed by atoms with Gasteiger partial charge in [-0.1, -0.05) is 0 Å². The standard InChI is InChI=1S/C11H11Br2N5O2/c1-19-8-4-7(5(12)3-6(8)13)15-10-16-9(14)17-11(18-10)20-2/h3-4H,1-2H3,(H3,14,15,16,17,18). The van der Waals surface area contributed by atoms with E-state index in [2.05, 4.69) is 52.1 Å². The molecule has 0 aliphatic carbocycles. The van der Waals surface area contributed by atoms with E-state index < -0.39 is 0 Å². The number of nitrogen functional groups attached to an aromatic ring is 1. The van der Waals surface area contributed by atoms with Crippen molar-refractivity contribution in [3.8, 4) is 11.8 Å². The molecular formula is C11H11Br2N5O2. The van der Waals surface area contributed by atoms with E-state index in [1.807, 2.05) is 6.07 Å². The molecule has 7 nitrogen and oxygen atoms in total. The maximum absolute atomic E-state index is 5.58. The zero-order valence-corrected chi connectivity index (χ0v) is 13.8. The zero-order chi connectivity index (χ0) is 14.7. The lowest BCUT2D eigenvalue weighted by Gasteiger charge is -2.11. The van der Waals surface area contributed by atoms with Gasteiger partial charge in [0.25, 0.3) is 0 Å². The summed E-state index contributed by atoms with van der Waals surface area (Å²) < 4.78 is 11.8. The molecule has 20 heavy (non-hydrogen) atoms. The number of rotatable bonds is 4. The van der Waals surface area contributed by atoms with Gasteiger partial charge in [0.05, 0.1) is 24.4 Å². The van der Waals surface area contributed by atoms with E-state index in [1.54, 1.807) is 13.2 Å². The van der Waals surface area contributed by atoms with Gasteiger partial charge in [-0.15, -0.1) is 0 Å². The van der Waals surface area contributed by atoms with Crippen LogP contribution in [0.4, 0.5) is 17.6 Å². The lowest BCUT2D eigenvalue weighted by Crippen LogP contribution is -2.05. The van der Waals surface area contributed by atoms with E-state index in [0.29, 0.717) is 5.75 Å². The predicted molar refractivity (Wildman–Crippen MR) is 82.5 cm³/mol. The number of methoxy groups -OCH3 is 2. The molecule has 1 aromatic heterocycles. The number of halogens is 2. The Morgan fingerprint density at radius 2 is 1.80 bits per heavy atom. The SMILES string of the molecule is COc1nc(N)nc(Nc2cc(OC)c(Br)cc2Br)n1. The summed E-state index contributed by atoms with van der Waals surface area (Å²) in [6, 6.07) is 3.78. The quantitative estimate of drug-likeness (QED) is 0.808. The number of anilines is 3. The third-order valence-electron chi connectivity index (χ3n) is 2.30. The molecule has 0 amide bonds. The van der Waals surface area contributed by atoms with Crippen LogP contribution in [0.15, 0.2) is 21.1 Å². The lowest BCUT2D eigenvalue weighted by atomic mass is 10.3. The van der Waals surface area contributed by atoms with Gasteiger partial charge in [0.2, 0.25) is 11.9 Å². The molecule has 0 spiro atoms. The fourth-order valence-corrected chi connectivity index (χ4v) is 2.68. The lowest BCUT2D eigenvalue weighted by molar-refractivity contribution is 0.380. The maximum Gasteiger partial charge on any atom is 0.322 e. The molecule has 1 heterocycles. The Labute approximate surface area is 132 Å². The summed E-state index contributed by atoms with van der Waals surface area (Å²) in [5.74, 6) is 1.02. The number of benzene rings is 1. The number of ether oxygens (including phenoxy) is 2. The van der Waals surface area contributed by atoms with Crippen LogP contribution in [0.25, 0.3) is 0 Å². The summed E-state index contributed by atoms with van der Waals surface area (Å²) in [7, 11) is 3.04. The highest BCUT2D eigenvalue weighted by Gasteiger charge is 2.10. The molecule has 106 valence electrons. The first-order valence-corrected chi connectivity index (χ1v) is 6.97. The summed E-state index contributed by atoms with van der Waals surface area (Å²) in [5.41, 5.74) is 6.30. The molecule has 0 aliphatic rings. The highest BCUT2D eigenvalue weighted by atomic mass is 79.9. The van der Waals surface area contributed by atoms with Crippen LogP contribution in [0, 0.1) is 0 Å². The van der Waals surface area contributed by atoms with Gasteiger partial charge in [-0.3, -0.25) is 0 Å². The second-order valence-corrected chi connectivity index (χ2v) is 5.30. The summed E-state index contributed by atoms with van der Waals surface area (Å²) in [5, 5.41) is 3.02. The second kappa shape index (κ2) is 6.23. The summed E-state index contributed by atoms with van der Waals surface area (Å²) in [6.45, 7) is 0. The average molecular weight is 405 g/mol. The average Bonchev–Trinajstić information content (AvgIpc) is 2.41. The van der Waals surface area contributed by atoms with Crippen LogP contribution in [0.2, 0.25) is 0 Å². The fraction of sp³-hybridized carbons (Fsp3) is 0.182. The van der Waals surface area contributed by atoms with Crippen molar-refractivity contribution in [2.24, 2.45) is 0 Å².